The minimum atomic E-state index is -3.73. The van der Waals surface area contributed by atoms with Crippen LogP contribution >= 0.6 is 31.9 Å². The number of benzene rings is 2. The van der Waals surface area contributed by atoms with Gasteiger partial charge in [-0.1, -0.05) is 22.0 Å². The van der Waals surface area contributed by atoms with E-state index >= 15 is 0 Å². The van der Waals surface area contributed by atoms with E-state index in [-0.39, 0.29) is 17.0 Å². The maximum absolute atomic E-state index is 12.5. The van der Waals surface area contributed by atoms with Crippen LogP contribution < -0.4 is 9.46 Å². The van der Waals surface area contributed by atoms with E-state index in [4.69, 9.17) is 9.47 Å². The number of rotatable bonds is 6. The molecule has 0 aliphatic heterocycles. The first-order valence-corrected chi connectivity index (χ1v) is 10.1. The van der Waals surface area contributed by atoms with Gasteiger partial charge in [0.25, 0.3) is 0 Å². The number of hydrogen-bond donors (Lipinski definition) is 1. The highest BCUT2D eigenvalue weighted by molar-refractivity contribution is 9.11. The molecule has 0 bridgehead atoms. The fraction of sp³-hybridized carbons (Fsp3) is 0.188. The molecule has 0 aliphatic rings. The van der Waals surface area contributed by atoms with Crippen molar-refractivity contribution in [1.29, 1.82) is 0 Å². The van der Waals surface area contributed by atoms with Crippen molar-refractivity contribution in [3.63, 3.8) is 0 Å². The van der Waals surface area contributed by atoms with Crippen LogP contribution in [0, 0.1) is 0 Å². The number of carbonyl (C=O) groups excluding carboxylic acids is 1. The molecule has 0 aliphatic carbocycles. The first kappa shape index (κ1) is 19.9. The van der Waals surface area contributed by atoms with Crippen molar-refractivity contribution < 1.29 is 22.7 Å². The topological polar surface area (TPSA) is 81.7 Å². The Balaban J connectivity index is 2.24. The maximum atomic E-state index is 12.5. The Morgan fingerprint density at radius 1 is 1.12 bits per heavy atom. The summed E-state index contributed by atoms with van der Waals surface area (Å²) in [6.07, 6.45) is 0. The molecule has 0 unspecified atom stereocenters. The van der Waals surface area contributed by atoms with E-state index in [1.165, 1.54) is 26.4 Å². The third-order valence-electron chi connectivity index (χ3n) is 3.32. The summed E-state index contributed by atoms with van der Waals surface area (Å²) in [5.41, 5.74) is 0.824. The van der Waals surface area contributed by atoms with E-state index in [0.29, 0.717) is 15.8 Å². The second-order valence-corrected chi connectivity index (χ2v) is 8.43. The van der Waals surface area contributed by atoms with Gasteiger partial charge in [-0.05, 0) is 51.8 Å². The summed E-state index contributed by atoms with van der Waals surface area (Å²) in [5, 5.41) is 0. The van der Waals surface area contributed by atoms with Crippen molar-refractivity contribution in [1.82, 2.24) is 4.72 Å². The Kier molecular flexibility index (Phi) is 6.61. The number of carbonyl (C=O) groups is 1. The lowest BCUT2D eigenvalue weighted by atomic mass is 10.1. The van der Waals surface area contributed by atoms with Crippen LogP contribution in [0.5, 0.6) is 5.75 Å². The normalized spacial score (nSPS) is 11.2. The van der Waals surface area contributed by atoms with Crippen LogP contribution in [0.4, 0.5) is 0 Å². The molecule has 0 atom stereocenters. The molecule has 0 fully saturated rings. The predicted octanol–water partition coefficient (Wildman–Crippen LogP) is 3.49. The van der Waals surface area contributed by atoms with Crippen molar-refractivity contribution in [2.45, 2.75) is 11.4 Å². The highest BCUT2D eigenvalue weighted by atomic mass is 79.9. The Hall–Kier alpha value is -1.42. The number of hydrogen-bond acceptors (Lipinski definition) is 5. The second kappa shape index (κ2) is 8.31. The number of ether oxygens (including phenoxy) is 2. The third-order valence-corrected chi connectivity index (χ3v) is 6.19. The molecule has 1 N–H and O–H groups in total. The van der Waals surface area contributed by atoms with Gasteiger partial charge in [0.2, 0.25) is 10.0 Å². The minimum absolute atomic E-state index is 0.0127. The zero-order valence-corrected chi connectivity index (χ0v) is 17.4. The van der Waals surface area contributed by atoms with Crippen molar-refractivity contribution in [3.8, 4) is 5.75 Å². The molecule has 9 heteroatoms. The largest absolute Gasteiger partial charge is 0.496 e. The van der Waals surface area contributed by atoms with Crippen molar-refractivity contribution in [2.75, 3.05) is 14.2 Å². The molecule has 134 valence electrons. The number of halogens is 2. The highest BCUT2D eigenvalue weighted by Gasteiger charge is 2.19. The zero-order chi connectivity index (χ0) is 18.6. The number of methoxy groups -OCH3 is 2. The van der Waals surface area contributed by atoms with Crippen LogP contribution in [-0.2, 0) is 21.3 Å². The smallest absolute Gasteiger partial charge is 0.341 e. The highest BCUT2D eigenvalue weighted by Crippen LogP contribution is 2.26. The lowest BCUT2D eigenvalue weighted by Gasteiger charge is -2.11. The molecule has 0 radical (unpaired) electrons. The minimum Gasteiger partial charge on any atom is -0.496 e. The summed E-state index contributed by atoms with van der Waals surface area (Å²) < 4.78 is 38.5. The van der Waals surface area contributed by atoms with Gasteiger partial charge in [0.15, 0.2) is 0 Å². The average Bonchev–Trinajstić information content (AvgIpc) is 2.58. The predicted molar refractivity (Wildman–Crippen MR) is 100 cm³/mol. The Bertz CT molecular complexity index is 899. The van der Waals surface area contributed by atoms with E-state index in [0.717, 1.165) is 4.47 Å². The number of nitrogens with one attached hydrogen (secondary N) is 1. The van der Waals surface area contributed by atoms with Crippen molar-refractivity contribution in [2.24, 2.45) is 0 Å². The van der Waals surface area contributed by atoms with Gasteiger partial charge in [-0.2, -0.15) is 0 Å². The first-order valence-electron chi connectivity index (χ1n) is 6.98. The molecular weight excluding hydrogens is 478 g/mol. The monoisotopic (exact) mass is 491 g/mol. The fourth-order valence-corrected chi connectivity index (χ4v) is 4.85. The van der Waals surface area contributed by atoms with E-state index in [1.54, 1.807) is 24.3 Å². The van der Waals surface area contributed by atoms with Gasteiger partial charge in [-0.15, -0.1) is 0 Å². The van der Waals surface area contributed by atoms with Crippen LogP contribution in [-0.4, -0.2) is 28.6 Å². The summed E-state index contributed by atoms with van der Waals surface area (Å²) in [7, 11) is -1.02. The Labute approximate surface area is 162 Å². The van der Waals surface area contributed by atoms with Gasteiger partial charge in [0.05, 0.1) is 19.1 Å². The quantitative estimate of drug-likeness (QED) is 0.624. The number of sulfonamides is 1. The molecule has 0 heterocycles. The summed E-state index contributed by atoms with van der Waals surface area (Å²) in [6.45, 7) is 0.0127. The van der Waals surface area contributed by atoms with Gasteiger partial charge in [0, 0.05) is 15.5 Å². The molecule has 2 aromatic rings. The van der Waals surface area contributed by atoms with E-state index in [2.05, 4.69) is 36.6 Å². The average molecular weight is 493 g/mol. The lowest BCUT2D eigenvalue weighted by molar-refractivity contribution is 0.0597. The van der Waals surface area contributed by atoms with Gasteiger partial charge >= 0.3 is 5.97 Å². The molecule has 2 rings (SSSR count). The zero-order valence-electron chi connectivity index (χ0n) is 13.4. The fourth-order valence-electron chi connectivity index (χ4n) is 2.08. The molecule has 25 heavy (non-hydrogen) atoms. The molecule has 2 aromatic carbocycles. The standard InChI is InChI=1S/C16H15Br2NO5S/c1-23-14-5-3-10(7-12(14)16(20)24-2)9-19-25(21,22)15-6-4-11(17)8-13(15)18/h3-8,19H,9H2,1-2H3. The summed E-state index contributed by atoms with van der Waals surface area (Å²) >= 11 is 6.52. The number of esters is 1. The van der Waals surface area contributed by atoms with E-state index in [1.807, 2.05) is 0 Å². The molecule has 6 nitrogen and oxygen atoms in total. The van der Waals surface area contributed by atoms with E-state index in [9.17, 15) is 13.2 Å². The van der Waals surface area contributed by atoms with Crippen LogP contribution in [0.25, 0.3) is 0 Å². The first-order chi connectivity index (χ1) is 11.8. The van der Waals surface area contributed by atoms with Crippen molar-refractivity contribution in [3.05, 3.63) is 56.5 Å². The Morgan fingerprint density at radius 3 is 2.44 bits per heavy atom. The molecule has 0 saturated carbocycles. The molecule has 0 amide bonds. The van der Waals surface area contributed by atoms with Crippen LogP contribution in [0.3, 0.4) is 0 Å². The Morgan fingerprint density at radius 2 is 1.84 bits per heavy atom. The summed E-state index contributed by atoms with van der Waals surface area (Å²) in [6, 6.07) is 9.57. The van der Waals surface area contributed by atoms with Crippen LogP contribution in [0.1, 0.15) is 15.9 Å². The van der Waals surface area contributed by atoms with E-state index < -0.39 is 16.0 Å². The lowest BCUT2D eigenvalue weighted by Crippen LogP contribution is -2.23. The molecule has 0 saturated heterocycles. The van der Waals surface area contributed by atoms with Gasteiger partial charge < -0.3 is 9.47 Å². The summed E-state index contributed by atoms with van der Waals surface area (Å²) in [4.78, 5) is 11.9. The SMILES string of the molecule is COC(=O)c1cc(CNS(=O)(=O)c2ccc(Br)cc2Br)ccc1OC. The van der Waals surface area contributed by atoms with Gasteiger partial charge in [-0.3, -0.25) is 0 Å². The summed E-state index contributed by atoms with van der Waals surface area (Å²) in [5.74, 6) is -0.202. The van der Waals surface area contributed by atoms with Crippen LogP contribution in [0.2, 0.25) is 0 Å². The molecule has 0 spiro atoms. The molecule has 0 aromatic heterocycles. The van der Waals surface area contributed by atoms with Crippen molar-refractivity contribution >= 4 is 47.9 Å². The third kappa shape index (κ3) is 4.81. The molecular formula is C16H15Br2NO5S. The second-order valence-electron chi connectivity index (χ2n) is 4.93. The maximum Gasteiger partial charge on any atom is 0.341 e. The van der Waals surface area contributed by atoms with Gasteiger partial charge in [-0.25, -0.2) is 17.9 Å². The van der Waals surface area contributed by atoms with Gasteiger partial charge in [0.1, 0.15) is 11.3 Å². The van der Waals surface area contributed by atoms with Crippen LogP contribution in [0.15, 0.2) is 50.2 Å².